The third kappa shape index (κ3) is 3.81. The van der Waals surface area contributed by atoms with Crippen molar-refractivity contribution in [3.05, 3.63) is 52.1 Å². The average Bonchev–Trinajstić information content (AvgIpc) is 2.43. The van der Waals surface area contributed by atoms with Crippen molar-refractivity contribution >= 4 is 27.7 Å². The molecule has 2 rings (SSSR count). The van der Waals surface area contributed by atoms with Crippen LogP contribution in [-0.4, -0.2) is 18.0 Å². The Morgan fingerprint density at radius 3 is 2.65 bits per heavy atom. The van der Waals surface area contributed by atoms with Gasteiger partial charge in [0, 0.05) is 10.7 Å². The molecule has 0 atom stereocenters. The summed E-state index contributed by atoms with van der Waals surface area (Å²) in [7, 11) is 1.61. The summed E-state index contributed by atoms with van der Waals surface area (Å²) in [6.45, 7) is 1.90. The molecule has 0 fully saturated rings. The van der Waals surface area contributed by atoms with E-state index in [4.69, 9.17) is 4.74 Å². The molecule has 0 spiro atoms. The lowest BCUT2D eigenvalue weighted by molar-refractivity contribution is -0.115. The molecule has 0 aliphatic rings. The summed E-state index contributed by atoms with van der Waals surface area (Å²) in [5.74, 6) is 1.28. The van der Waals surface area contributed by atoms with E-state index >= 15 is 0 Å². The van der Waals surface area contributed by atoms with Gasteiger partial charge in [0.2, 0.25) is 5.91 Å². The zero-order valence-corrected chi connectivity index (χ0v) is 12.9. The van der Waals surface area contributed by atoms with E-state index in [9.17, 15) is 4.79 Å². The van der Waals surface area contributed by atoms with Crippen molar-refractivity contribution in [2.24, 2.45) is 0 Å². The topological polar surface area (TPSA) is 51.2 Å². The van der Waals surface area contributed by atoms with E-state index in [0.29, 0.717) is 12.2 Å². The van der Waals surface area contributed by atoms with Crippen molar-refractivity contribution in [3.63, 3.8) is 0 Å². The Morgan fingerprint density at radius 1 is 1.35 bits per heavy atom. The quantitative estimate of drug-likeness (QED) is 0.932. The number of hydrogen-bond donors (Lipinski definition) is 1. The molecule has 0 bridgehead atoms. The van der Waals surface area contributed by atoms with Gasteiger partial charge in [-0.25, -0.2) is 4.98 Å². The van der Waals surface area contributed by atoms with E-state index in [-0.39, 0.29) is 5.91 Å². The molecule has 1 N–H and O–H groups in total. The van der Waals surface area contributed by atoms with Crippen LogP contribution in [0.4, 0.5) is 5.82 Å². The van der Waals surface area contributed by atoms with Crippen molar-refractivity contribution in [3.8, 4) is 5.75 Å². The van der Waals surface area contributed by atoms with E-state index < -0.39 is 0 Å². The maximum absolute atomic E-state index is 12.0. The van der Waals surface area contributed by atoms with Crippen LogP contribution < -0.4 is 10.1 Å². The molecule has 0 radical (unpaired) electrons. The highest BCUT2D eigenvalue weighted by Gasteiger charge is 2.07. The second-order valence-electron chi connectivity index (χ2n) is 4.39. The number of pyridine rings is 1. The highest BCUT2D eigenvalue weighted by molar-refractivity contribution is 9.10. The van der Waals surface area contributed by atoms with E-state index in [0.717, 1.165) is 21.3 Å². The Kier molecular flexibility index (Phi) is 4.74. The van der Waals surface area contributed by atoms with Crippen molar-refractivity contribution in [1.29, 1.82) is 0 Å². The molecular formula is C15H15BrN2O2. The molecule has 0 saturated carbocycles. The number of benzene rings is 1. The highest BCUT2D eigenvalue weighted by Crippen LogP contribution is 2.17. The number of methoxy groups -OCH3 is 1. The van der Waals surface area contributed by atoms with Gasteiger partial charge in [0.15, 0.2) is 0 Å². The molecule has 0 saturated heterocycles. The number of nitrogens with one attached hydrogen (secondary N) is 1. The lowest BCUT2D eigenvalue weighted by atomic mass is 10.1. The van der Waals surface area contributed by atoms with Gasteiger partial charge in [-0.15, -0.1) is 0 Å². The van der Waals surface area contributed by atoms with Crippen LogP contribution in [0, 0.1) is 6.92 Å². The third-order valence-electron chi connectivity index (χ3n) is 2.83. The van der Waals surface area contributed by atoms with Gasteiger partial charge in [0.25, 0.3) is 0 Å². The SMILES string of the molecule is COc1ccc(CC(=O)Nc2ncc(Br)cc2C)cc1. The van der Waals surface area contributed by atoms with Crippen LogP contribution in [0.15, 0.2) is 41.0 Å². The normalized spacial score (nSPS) is 10.2. The number of aryl methyl sites for hydroxylation is 1. The first kappa shape index (κ1) is 14.5. The molecule has 20 heavy (non-hydrogen) atoms. The lowest BCUT2D eigenvalue weighted by Crippen LogP contribution is -2.16. The molecule has 1 amide bonds. The van der Waals surface area contributed by atoms with Crippen LogP contribution in [0.3, 0.4) is 0 Å². The number of ether oxygens (including phenoxy) is 1. The van der Waals surface area contributed by atoms with E-state index in [1.54, 1.807) is 13.3 Å². The second kappa shape index (κ2) is 6.52. The van der Waals surface area contributed by atoms with Crippen LogP contribution in [0.1, 0.15) is 11.1 Å². The number of amides is 1. The second-order valence-corrected chi connectivity index (χ2v) is 5.31. The first-order valence-corrected chi connectivity index (χ1v) is 6.92. The molecule has 104 valence electrons. The Morgan fingerprint density at radius 2 is 2.05 bits per heavy atom. The summed E-state index contributed by atoms with van der Waals surface area (Å²) in [6, 6.07) is 9.34. The van der Waals surface area contributed by atoms with Crippen molar-refractivity contribution in [1.82, 2.24) is 4.98 Å². The lowest BCUT2D eigenvalue weighted by Gasteiger charge is -2.08. The van der Waals surface area contributed by atoms with Crippen LogP contribution in [0.2, 0.25) is 0 Å². The van der Waals surface area contributed by atoms with E-state index in [1.165, 1.54) is 0 Å². The Balaban J connectivity index is 2.01. The van der Waals surface area contributed by atoms with E-state index in [2.05, 4.69) is 26.2 Å². The minimum absolute atomic E-state index is 0.0897. The fourth-order valence-electron chi connectivity index (χ4n) is 1.78. The van der Waals surface area contributed by atoms with Gasteiger partial charge in [0.1, 0.15) is 11.6 Å². The largest absolute Gasteiger partial charge is 0.497 e. The Labute approximate surface area is 126 Å². The maximum Gasteiger partial charge on any atom is 0.229 e. The predicted octanol–water partition coefficient (Wildman–Crippen LogP) is 3.34. The Hall–Kier alpha value is -1.88. The number of aromatic nitrogens is 1. The van der Waals surface area contributed by atoms with Crippen molar-refractivity contribution in [2.45, 2.75) is 13.3 Å². The minimum Gasteiger partial charge on any atom is -0.497 e. The van der Waals surface area contributed by atoms with Gasteiger partial charge < -0.3 is 10.1 Å². The molecule has 1 aromatic carbocycles. The minimum atomic E-state index is -0.0897. The molecule has 4 nitrogen and oxygen atoms in total. The fourth-order valence-corrected chi connectivity index (χ4v) is 2.22. The van der Waals surface area contributed by atoms with Gasteiger partial charge in [-0.3, -0.25) is 4.79 Å². The molecule has 2 aromatic rings. The zero-order chi connectivity index (χ0) is 14.5. The summed E-state index contributed by atoms with van der Waals surface area (Å²) < 4.78 is 5.97. The summed E-state index contributed by atoms with van der Waals surface area (Å²) in [6.07, 6.45) is 1.97. The van der Waals surface area contributed by atoms with Crippen LogP contribution in [0.5, 0.6) is 5.75 Å². The summed E-state index contributed by atoms with van der Waals surface area (Å²) >= 11 is 3.34. The van der Waals surface area contributed by atoms with Gasteiger partial charge in [0.05, 0.1) is 13.5 Å². The number of hydrogen-bond acceptors (Lipinski definition) is 3. The first-order valence-electron chi connectivity index (χ1n) is 6.13. The summed E-state index contributed by atoms with van der Waals surface area (Å²) in [5, 5.41) is 2.81. The molecule has 0 unspecified atom stereocenters. The van der Waals surface area contributed by atoms with Gasteiger partial charge in [-0.2, -0.15) is 0 Å². The van der Waals surface area contributed by atoms with Gasteiger partial charge in [-0.05, 0) is 52.2 Å². The predicted molar refractivity (Wildman–Crippen MR) is 82.0 cm³/mol. The standard InChI is InChI=1S/C15H15BrN2O2/c1-10-7-12(16)9-17-15(10)18-14(19)8-11-3-5-13(20-2)6-4-11/h3-7,9H,8H2,1-2H3,(H,17,18,19). The van der Waals surface area contributed by atoms with E-state index in [1.807, 2.05) is 37.3 Å². The maximum atomic E-state index is 12.0. The van der Waals surface area contributed by atoms with Gasteiger partial charge >= 0.3 is 0 Å². The highest BCUT2D eigenvalue weighted by atomic mass is 79.9. The van der Waals surface area contributed by atoms with Crippen LogP contribution in [0.25, 0.3) is 0 Å². The number of anilines is 1. The van der Waals surface area contributed by atoms with Crippen LogP contribution >= 0.6 is 15.9 Å². The molecule has 0 aliphatic carbocycles. The smallest absolute Gasteiger partial charge is 0.229 e. The fraction of sp³-hybridized carbons (Fsp3) is 0.200. The molecule has 1 aromatic heterocycles. The van der Waals surface area contributed by atoms with Crippen molar-refractivity contribution < 1.29 is 9.53 Å². The van der Waals surface area contributed by atoms with Gasteiger partial charge in [-0.1, -0.05) is 12.1 Å². The number of halogens is 1. The Bertz CT molecular complexity index is 612. The van der Waals surface area contributed by atoms with Crippen LogP contribution in [-0.2, 0) is 11.2 Å². The third-order valence-corrected chi connectivity index (χ3v) is 3.26. The number of carbonyl (C=O) groups excluding carboxylic acids is 1. The number of rotatable bonds is 4. The number of carbonyl (C=O) groups is 1. The molecule has 0 aliphatic heterocycles. The summed E-state index contributed by atoms with van der Waals surface area (Å²) in [5.41, 5.74) is 1.85. The molecular weight excluding hydrogens is 320 g/mol. The molecule has 1 heterocycles. The summed E-state index contributed by atoms with van der Waals surface area (Å²) in [4.78, 5) is 16.2. The average molecular weight is 335 g/mol. The molecule has 5 heteroatoms. The zero-order valence-electron chi connectivity index (χ0n) is 11.3. The first-order chi connectivity index (χ1) is 9.58. The monoisotopic (exact) mass is 334 g/mol. The number of nitrogens with zero attached hydrogens (tertiary/aromatic N) is 1. The van der Waals surface area contributed by atoms with Crippen molar-refractivity contribution in [2.75, 3.05) is 12.4 Å².